The van der Waals surface area contributed by atoms with Crippen molar-refractivity contribution in [2.24, 2.45) is 21.7 Å². The third kappa shape index (κ3) is 6.55. The van der Waals surface area contributed by atoms with Crippen molar-refractivity contribution in [2.45, 2.75) is 18.6 Å². The summed E-state index contributed by atoms with van der Waals surface area (Å²) in [6.45, 7) is -0.626. The molecule has 7 N–H and O–H groups in total. The summed E-state index contributed by atoms with van der Waals surface area (Å²) in [6.07, 6.45) is -2.25. The van der Waals surface area contributed by atoms with E-state index in [1.807, 2.05) is 0 Å². The molecule has 0 heterocycles. The van der Waals surface area contributed by atoms with E-state index in [0.29, 0.717) is 0 Å². The third-order valence-corrected chi connectivity index (χ3v) is 1.42. The lowest BCUT2D eigenvalue weighted by Crippen LogP contribution is -2.31. The van der Waals surface area contributed by atoms with Gasteiger partial charge in [0, 0.05) is 6.42 Å². The van der Waals surface area contributed by atoms with Gasteiger partial charge in [-0.3, -0.25) is 4.79 Å². The molecule has 0 aliphatic rings. The molecular weight excluding hydrogens is 204 g/mol. The molecule has 0 saturated carbocycles. The van der Waals surface area contributed by atoms with Gasteiger partial charge in [-0.2, -0.15) is 5.10 Å². The number of aliphatic hydroxyl groups is 3. The smallest absolute Gasteiger partial charge is 0.211 e. The third-order valence-electron chi connectivity index (χ3n) is 1.42. The molecule has 8 heteroatoms. The Hall–Kier alpha value is -1.51. The Labute approximate surface area is 85.9 Å². The van der Waals surface area contributed by atoms with Crippen LogP contribution in [0.2, 0.25) is 0 Å². The highest BCUT2D eigenvalue weighted by molar-refractivity contribution is 6.27. The molecule has 8 nitrogen and oxygen atoms in total. The molecule has 0 aromatic rings. The molecule has 15 heavy (non-hydrogen) atoms. The Bertz CT molecular complexity index is 262. The average molecular weight is 218 g/mol. The van der Waals surface area contributed by atoms with E-state index in [0.717, 1.165) is 6.21 Å². The number of guanidine groups is 1. The van der Waals surface area contributed by atoms with E-state index in [4.69, 9.17) is 26.8 Å². The molecule has 0 saturated heterocycles. The largest absolute Gasteiger partial charge is 0.394 e. The Morgan fingerprint density at radius 2 is 1.93 bits per heavy atom. The van der Waals surface area contributed by atoms with Crippen molar-refractivity contribution >= 4 is 18.0 Å². The van der Waals surface area contributed by atoms with Crippen molar-refractivity contribution < 1.29 is 20.1 Å². The first-order valence-electron chi connectivity index (χ1n) is 4.09. The predicted molar refractivity (Wildman–Crippen MR) is 53.0 cm³/mol. The zero-order chi connectivity index (χ0) is 11.8. The summed E-state index contributed by atoms with van der Waals surface area (Å²) < 4.78 is 0. The van der Waals surface area contributed by atoms with E-state index in [-0.39, 0.29) is 12.4 Å². The van der Waals surface area contributed by atoms with Gasteiger partial charge >= 0.3 is 0 Å². The summed E-state index contributed by atoms with van der Waals surface area (Å²) in [6, 6.07) is 0. The molecule has 0 bridgehead atoms. The van der Waals surface area contributed by atoms with Crippen LogP contribution < -0.4 is 11.5 Å². The van der Waals surface area contributed by atoms with E-state index >= 15 is 0 Å². The van der Waals surface area contributed by atoms with Crippen molar-refractivity contribution in [1.82, 2.24) is 0 Å². The maximum Gasteiger partial charge on any atom is 0.211 e. The second kappa shape index (κ2) is 6.87. The number of aliphatic hydroxyl groups excluding tert-OH is 3. The highest BCUT2D eigenvalue weighted by Gasteiger charge is 2.17. The van der Waals surface area contributed by atoms with E-state index in [2.05, 4.69) is 10.2 Å². The minimum absolute atomic E-state index is 0.296. The quantitative estimate of drug-likeness (QED) is 0.181. The van der Waals surface area contributed by atoms with Gasteiger partial charge in [-0.15, -0.1) is 5.10 Å². The number of rotatable bonds is 6. The van der Waals surface area contributed by atoms with E-state index < -0.39 is 24.6 Å². The molecule has 0 radical (unpaired) electrons. The first-order valence-corrected chi connectivity index (χ1v) is 4.09. The maximum atomic E-state index is 11.0. The van der Waals surface area contributed by atoms with Crippen LogP contribution in [0.3, 0.4) is 0 Å². The lowest BCUT2D eigenvalue weighted by atomic mass is 10.1. The van der Waals surface area contributed by atoms with Crippen LogP contribution in [0.15, 0.2) is 10.2 Å². The monoisotopic (exact) mass is 218 g/mol. The van der Waals surface area contributed by atoms with Crippen molar-refractivity contribution in [1.29, 1.82) is 0 Å². The van der Waals surface area contributed by atoms with Crippen LogP contribution in [-0.2, 0) is 4.79 Å². The van der Waals surface area contributed by atoms with Crippen molar-refractivity contribution in [3.63, 3.8) is 0 Å². The maximum absolute atomic E-state index is 11.0. The second-order valence-corrected chi connectivity index (χ2v) is 2.76. The fourth-order valence-electron chi connectivity index (χ4n) is 0.676. The summed E-state index contributed by atoms with van der Waals surface area (Å²) in [5.74, 6) is -0.866. The zero-order valence-electron chi connectivity index (χ0n) is 7.95. The Morgan fingerprint density at radius 3 is 2.40 bits per heavy atom. The first kappa shape index (κ1) is 13.5. The molecule has 0 aliphatic carbocycles. The summed E-state index contributed by atoms with van der Waals surface area (Å²) in [5.41, 5.74) is 9.86. The SMILES string of the molecule is NC(N)=N/N=C/C(=O)CC(O)C(O)CO. The molecule has 0 aliphatic heterocycles. The molecule has 0 spiro atoms. The number of nitrogens with zero attached hydrogens (tertiary/aromatic N) is 2. The number of hydrogen-bond acceptors (Lipinski definition) is 6. The predicted octanol–water partition coefficient (Wildman–Crippen LogP) is -3.08. The van der Waals surface area contributed by atoms with Crippen molar-refractivity contribution in [3.8, 4) is 0 Å². The van der Waals surface area contributed by atoms with Gasteiger partial charge in [-0.05, 0) is 0 Å². The number of carbonyl (C=O) groups is 1. The highest BCUT2D eigenvalue weighted by Crippen LogP contribution is 1.98. The molecule has 0 rings (SSSR count). The first-order chi connectivity index (χ1) is 6.97. The van der Waals surface area contributed by atoms with Crippen LogP contribution in [-0.4, -0.2) is 52.1 Å². The van der Waals surface area contributed by atoms with Gasteiger partial charge in [-0.1, -0.05) is 0 Å². The number of ketones is 1. The van der Waals surface area contributed by atoms with Crippen LogP contribution in [0.25, 0.3) is 0 Å². The Morgan fingerprint density at radius 1 is 1.33 bits per heavy atom. The lowest BCUT2D eigenvalue weighted by Gasteiger charge is -2.12. The minimum atomic E-state index is -1.36. The van der Waals surface area contributed by atoms with Crippen LogP contribution >= 0.6 is 0 Å². The number of nitrogens with two attached hydrogens (primary N) is 2. The number of Topliss-reactive ketones (excluding diaryl/α,β-unsaturated/α-hetero) is 1. The summed E-state index contributed by atoms with van der Waals surface area (Å²) in [7, 11) is 0. The van der Waals surface area contributed by atoms with E-state index in [1.54, 1.807) is 0 Å². The molecule has 2 unspecified atom stereocenters. The van der Waals surface area contributed by atoms with E-state index in [9.17, 15) is 4.79 Å². The summed E-state index contributed by atoms with van der Waals surface area (Å²) >= 11 is 0. The van der Waals surface area contributed by atoms with Crippen LogP contribution in [0.5, 0.6) is 0 Å². The average Bonchev–Trinajstić information content (AvgIpc) is 2.15. The van der Waals surface area contributed by atoms with Gasteiger partial charge < -0.3 is 26.8 Å². The standard InChI is InChI=1S/C7H14N4O4/c8-7(9)11-10-2-4(13)1-5(14)6(15)3-12/h2,5-6,12,14-15H,1,3H2,(H4,8,9,11)/b10-2+. The van der Waals surface area contributed by atoms with Crippen molar-refractivity contribution in [3.05, 3.63) is 0 Å². The zero-order valence-corrected chi connectivity index (χ0v) is 7.95. The molecule has 86 valence electrons. The fraction of sp³-hybridized carbons (Fsp3) is 0.571. The van der Waals surface area contributed by atoms with E-state index in [1.165, 1.54) is 0 Å². The van der Waals surface area contributed by atoms with Crippen molar-refractivity contribution in [2.75, 3.05) is 6.61 Å². The van der Waals surface area contributed by atoms with Crippen LogP contribution in [0, 0.1) is 0 Å². The van der Waals surface area contributed by atoms with Gasteiger partial charge in [0.2, 0.25) is 5.96 Å². The molecule has 0 aromatic carbocycles. The Balaban J connectivity index is 4.04. The molecule has 0 fully saturated rings. The highest BCUT2D eigenvalue weighted by atomic mass is 16.4. The number of carbonyl (C=O) groups excluding carboxylic acids is 1. The van der Waals surface area contributed by atoms with Crippen LogP contribution in [0.1, 0.15) is 6.42 Å². The van der Waals surface area contributed by atoms with Gasteiger partial charge in [0.15, 0.2) is 5.78 Å². The normalized spacial score (nSPS) is 14.9. The van der Waals surface area contributed by atoms with Gasteiger partial charge in [0.05, 0.1) is 18.9 Å². The molecule has 0 aromatic heterocycles. The topological polar surface area (TPSA) is 155 Å². The lowest BCUT2D eigenvalue weighted by molar-refractivity contribution is -0.116. The van der Waals surface area contributed by atoms with Gasteiger partial charge in [0.25, 0.3) is 0 Å². The molecule has 0 amide bonds. The summed E-state index contributed by atoms with van der Waals surface area (Å²) in [5, 5.41) is 32.9. The fourth-order valence-corrected chi connectivity index (χ4v) is 0.676. The molecule has 2 atom stereocenters. The van der Waals surface area contributed by atoms with Gasteiger partial charge in [-0.25, -0.2) is 0 Å². The molecular formula is C7H14N4O4. The van der Waals surface area contributed by atoms with Gasteiger partial charge in [0.1, 0.15) is 6.10 Å². The van der Waals surface area contributed by atoms with Crippen LogP contribution in [0.4, 0.5) is 0 Å². The minimum Gasteiger partial charge on any atom is -0.394 e. The summed E-state index contributed by atoms with van der Waals surface area (Å²) in [4.78, 5) is 11.0. The number of hydrogen-bond donors (Lipinski definition) is 5. The second-order valence-electron chi connectivity index (χ2n) is 2.76. The Kier molecular flexibility index (Phi) is 6.18.